The largest absolute Gasteiger partial charge is 0.378 e. The van der Waals surface area contributed by atoms with E-state index in [2.05, 4.69) is 33.5 Å². The molecule has 0 bridgehead atoms. The van der Waals surface area contributed by atoms with Gasteiger partial charge in [0.2, 0.25) is 5.95 Å². The number of hydrogen-bond donors (Lipinski definition) is 0. The van der Waals surface area contributed by atoms with Gasteiger partial charge in [0.25, 0.3) is 0 Å². The second-order valence-corrected chi connectivity index (χ2v) is 12.5. The molecule has 2 aromatic heterocycles. The predicted octanol–water partition coefficient (Wildman–Crippen LogP) is 2.52. The molecule has 0 N–H and O–H groups in total. The van der Waals surface area contributed by atoms with Crippen molar-refractivity contribution < 1.29 is 17.9 Å². The summed E-state index contributed by atoms with van der Waals surface area (Å²) in [5.41, 5.74) is 2.44. The van der Waals surface area contributed by atoms with Crippen LogP contribution in [-0.2, 0) is 21.1 Å². The van der Waals surface area contributed by atoms with Gasteiger partial charge in [0.1, 0.15) is 0 Å². The third-order valence-corrected chi connectivity index (χ3v) is 8.95. The van der Waals surface area contributed by atoms with Crippen LogP contribution in [0.1, 0.15) is 48.1 Å². The summed E-state index contributed by atoms with van der Waals surface area (Å²) in [6, 6.07) is 1.80. The Kier molecular flexibility index (Phi) is 7.20. The van der Waals surface area contributed by atoms with E-state index >= 15 is 0 Å². The molecule has 9 nitrogen and oxygen atoms in total. The van der Waals surface area contributed by atoms with E-state index < -0.39 is 9.84 Å². The lowest BCUT2D eigenvalue weighted by atomic mass is 10.2. The van der Waals surface area contributed by atoms with Gasteiger partial charge >= 0.3 is 0 Å². The normalized spacial score (nSPS) is 20.6. The van der Waals surface area contributed by atoms with Crippen molar-refractivity contribution in [2.75, 3.05) is 48.5 Å². The average molecular weight is 496 g/mol. The fourth-order valence-electron chi connectivity index (χ4n) is 4.72. The highest BCUT2D eigenvalue weighted by molar-refractivity contribution is 7.99. The van der Waals surface area contributed by atoms with E-state index in [0.29, 0.717) is 31.1 Å². The molecule has 1 atom stereocenters. The maximum atomic E-state index is 13.2. The number of morpholine rings is 1. The minimum Gasteiger partial charge on any atom is -0.378 e. The van der Waals surface area contributed by atoms with Gasteiger partial charge in [-0.1, -0.05) is 25.6 Å². The van der Waals surface area contributed by atoms with E-state index in [1.807, 2.05) is 24.5 Å². The quantitative estimate of drug-likeness (QED) is 0.407. The van der Waals surface area contributed by atoms with Gasteiger partial charge in [-0.2, -0.15) is 0 Å². The molecular weight excluding hydrogens is 462 g/mol. The molecule has 4 heterocycles. The Morgan fingerprint density at radius 3 is 2.61 bits per heavy atom. The van der Waals surface area contributed by atoms with Crippen molar-refractivity contribution in [1.82, 2.24) is 19.3 Å². The monoisotopic (exact) mass is 495 g/mol. The number of carbonyl (C=O) groups is 1. The number of ketones is 1. The first-order valence-corrected chi connectivity index (χ1v) is 14.3. The van der Waals surface area contributed by atoms with Gasteiger partial charge in [-0.05, 0) is 32.3 Å². The fraction of sp³-hybridized carbons (Fsp3) is 0.682. The Morgan fingerprint density at radius 2 is 1.97 bits per heavy atom. The molecule has 11 heteroatoms. The first-order valence-electron chi connectivity index (χ1n) is 11.5. The number of hydrogen-bond acceptors (Lipinski definition) is 8. The molecule has 0 saturated carbocycles. The van der Waals surface area contributed by atoms with E-state index in [-0.39, 0.29) is 29.1 Å². The second kappa shape index (κ2) is 9.79. The van der Waals surface area contributed by atoms with Crippen LogP contribution in [0.5, 0.6) is 0 Å². The van der Waals surface area contributed by atoms with Crippen molar-refractivity contribution in [3.8, 4) is 0 Å². The molecule has 182 valence electrons. The number of thioether (sulfide) groups is 1. The van der Waals surface area contributed by atoms with Gasteiger partial charge in [-0.3, -0.25) is 9.36 Å². The molecule has 2 fully saturated rings. The van der Waals surface area contributed by atoms with Crippen LogP contribution in [0.25, 0.3) is 0 Å². The number of rotatable bonds is 8. The van der Waals surface area contributed by atoms with Crippen molar-refractivity contribution in [3.05, 3.63) is 23.0 Å². The minimum absolute atomic E-state index is 0.0206. The number of carbonyl (C=O) groups excluding carboxylic acids is 1. The summed E-state index contributed by atoms with van der Waals surface area (Å²) >= 11 is 1.41. The highest BCUT2D eigenvalue weighted by Crippen LogP contribution is 2.30. The molecule has 2 aliphatic heterocycles. The molecule has 2 aliphatic rings. The SMILES string of the molecule is Cc1cc(C(=O)CSc2nnc(N3CCOCC3)n2CC(C)C)c(C)n1C1CCS(=O)(=O)C1. The van der Waals surface area contributed by atoms with Crippen molar-refractivity contribution in [2.45, 2.75) is 51.9 Å². The molecule has 33 heavy (non-hydrogen) atoms. The highest BCUT2D eigenvalue weighted by atomic mass is 32.2. The van der Waals surface area contributed by atoms with E-state index in [9.17, 15) is 13.2 Å². The number of Topliss-reactive ketones (excluding diaryl/α,β-unsaturated/α-hetero) is 1. The van der Waals surface area contributed by atoms with Crippen LogP contribution in [0.15, 0.2) is 11.2 Å². The predicted molar refractivity (Wildman–Crippen MR) is 129 cm³/mol. The number of aromatic nitrogens is 4. The molecule has 0 aromatic carbocycles. The number of anilines is 1. The number of ether oxygens (including phenoxy) is 1. The van der Waals surface area contributed by atoms with Crippen molar-refractivity contribution in [3.63, 3.8) is 0 Å². The van der Waals surface area contributed by atoms with E-state index in [1.54, 1.807) is 0 Å². The fourth-order valence-corrected chi connectivity index (χ4v) is 7.24. The van der Waals surface area contributed by atoms with Gasteiger partial charge in [0.15, 0.2) is 20.8 Å². The van der Waals surface area contributed by atoms with Crippen LogP contribution >= 0.6 is 11.8 Å². The zero-order valence-corrected chi connectivity index (χ0v) is 21.4. The topological polar surface area (TPSA) is 99.3 Å². The number of nitrogens with zero attached hydrogens (tertiary/aromatic N) is 5. The molecule has 0 radical (unpaired) electrons. The Balaban J connectivity index is 1.50. The third kappa shape index (κ3) is 5.30. The average Bonchev–Trinajstić information content (AvgIpc) is 3.41. The molecule has 0 aliphatic carbocycles. The van der Waals surface area contributed by atoms with Crippen LogP contribution in [-0.4, -0.2) is 77.1 Å². The smallest absolute Gasteiger partial charge is 0.228 e. The first kappa shape index (κ1) is 24.3. The molecule has 0 spiro atoms. The Bertz CT molecular complexity index is 1120. The van der Waals surface area contributed by atoms with Crippen LogP contribution in [0.4, 0.5) is 5.95 Å². The third-order valence-electron chi connectivity index (χ3n) is 6.23. The van der Waals surface area contributed by atoms with Gasteiger partial charge in [0, 0.05) is 42.6 Å². The van der Waals surface area contributed by atoms with Crippen LogP contribution < -0.4 is 4.90 Å². The zero-order chi connectivity index (χ0) is 23.8. The molecule has 4 rings (SSSR count). The first-order chi connectivity index (χ1) is 15.7. The molecular formula is C22H33N5O4S2. The number of aryl methyl sites for hydroxylation is 1. The second-order valence-electron chi connectivity index (χ2n) is 9.31. The van der Waals surface area contributed by atoms with Crippen LogP contribution in [0, 0.1) is 19.8 Å². The summed E-state index contributed by atoms with van der Waals surface area (Å²) in [5.74, 6) is 1.89. The number of sulfone groups is 1. The lowest BCUT2D eigenvalue weighted by Crippen LogP contribution is -2.38. The standard InChI is InChI=1S/C22H33N5O4S2/c1-15(2)12-26-21(25-6-8-31-9-7-25)23-24-22(26)32-13-20(28)19-11-16(3)27(17(19)4)18-5-10-33(29,30)14-18/h11,15,18H,5-10,12-14H2,1-4H3. The maximum Gasteiger partial charge on any atom is 0.228 e. The zero-order valence-electron chi connectivity index (χ0n) is 19.8. The molecule has 2 saturated heterocycles. The van der Waals surface area contributed by atoms with Gasteiger partial charge < -0.3 is 14.2 Å². The lowest BCUT2D eigenvalue weighted by Gasteiger charge is -2.28. The van der Waals surface area contributed by atoms with Gasteiger partial charge in [0.05, 0.1) is 30.5 Å². The van der Waals surface area contributed by atoms with Crippen LogP contribution in [0.3, 0.4) is 0 Å². The lowest BCUT2D eigenvalue weighted by molar-refractivity contribution is 0.102. The Morgan fingerprint density at radius 1 is 1.24 bits per heavy atom. The van der Waals surface area contributed by atoms with Crippen molar-refractivity contribution in [1.29, 1.82) is 0 Å². The summed E-state index contributed by atoms with van der Waals surface area (Å²) in [4.78, 5) is 15.3. The van der Waals surface area contributed by atoms with Crippen molar-refractivity contribution in [2.24, 2.45) is 5.92 Å². The van der Waals surface area contributed by atoms with E-state index in [0.717, 1.165) is 42.1 Å². The summed E-state index contributed by atoms with van der Waals surface area (Å²) in [6.07, 6.45) is 0.601. The summed E-state index contributed by atoms with van der Waals surface area (Å²) < 4.78 is 33.5. The molecule has 0 amide bonds. The Labute approximate surface area is 199 Å². The molecule has 2 aromatic rings. The van der Waals surface area contributed by atoms with Gasteiger partial charge in [-0.25, -0.2) is 8.42 Å². The van der Waals surface area contributed by atoms with Crippen molar-refractivity contribution >= 4 is 33.3 Å². The highest BCUT2D eigenvalue weighted by Gasteiger charge is 2.32. The van der Waals surface area contributed by atoms with E-state index in [1.165, 1.54) is 11.8 Å². The Hall–Kier alpha value is -1.85. The summed E-state index contributed by atoms with van der Waals surface area (Å²) in [6.45, 7) is 11.8. The molecule has 1 unspecified atom stereocenters. The van der Waals surface area contributed by atoms with Crippen LogP contribution in [0.2, 0.25) is 0 Å². The van der Waals surface area contributed by atoms with Gasteiger partial charge in [-0.15, -0.1) is 10.2 Å². The maximum absolute atomic E-state index is 13.2. The van der Waals surface area contributed by atoms with E-state index in [4.69, 9.17) is 4.74 Å². The summed E-state index contributed by atoms with van der Waals surface area (Å²) in [7, 11) is -3.00. The summed E-state index contributed by atoms with van der Waals surface area (Å²) in [5, 5.41) is 9.58. The minimum atomic E-state index is -3.00.